The van der Waals surface area contributed by atoms with Crippen LogP contribution in [-0.2, 0) is 13.0 Å². The highest BCUT2D eigenvalue weighted by atomic mass is 35.5. The predicted octanol–water partition coefficient (Wildman–Crippen LogP) is 5.25. The molecule has 1 heterocycles. The van der Waals surface area contributed by atoms with E-state index >= 15 is 0 Å². The molecule has 0 bridgehead atoms. The molecule has 1 atom stereocenters. The van der Waals surface area contributed by atoms with Crippen molar-refractivity contribution in [2.75, 3.05) is 6.54 Å². The summed E-state index contributed by atoms with van der Waals surface area (Å²) in [5.41, 5.74) is 9.77. The van der Waals surface area contributed by atoms with Crippen LogP contribution in [0, 0.1) is 0 Å². The average molecular weight is 347 g/mol. The van der Waals surface area contributed by atoms with Crippen LogP contribution >= 0.6 is 23.2 Å². The standard InChI is InChI=1S/C19H20Cl2N2/c1-2-23-12-15(16-5-3-4-6-19(16)23)9-14(11-22)13-7-8-17(20)18(21)10-13/h3-8,10,12,14H,2,9,11,22H2,1H3. The molecule has 2 N–H and O–H groups in total. The molecule has 1 aromatic heterocycles. The molecule has 0 saturated heterocycles. The van der Waals surface area contributed by atoms with Crippen LogP contribution < -0.4 is 5.73 Å². The van der Waals surface area contributed by atoms with E-state index in [1.807, 2.05) is 18.2 Å². The van der Waals surface area contributed by atoms with Crippen LogP contribution in [0.3, 0.4) is 0 Å². The van der Waals surface area contributed by atoms with E-state index in [9.17, 15) is 0 Å². The molecule has 0 aliphatic rings. The van der Waals surface area contributed by atoms with Crippen molar-refractivity contribution in [1.82, 2.24) is 4.57 Å². The molecular weight excluding hydrogens is 327 g/mol. The van der Waals surface area contributed by atoms with Gasteiger partial charge in [0.25, 0.3) is 0 Å². The summed E-state index contributed by atoms with van der Waals surface area (Å²) < 4.78 is 2.28. The van der Waals surface area contributed by atoms with Crippen LogP contribution in [0.1, 0.15) is 24.0 Å². The fourth-order valence-corrected chi connectivity index (χ4v) is 3.42. The van der Waals surface area contributed by atoms with Gasteiger partial charge in [0.1, 0.15) is 0 Å². The summed E-state index contributed by atoms with van der Waals surface area (Å²) >= 11 is 12.2. The number of nitrogens with zero attached hydrogens (tertiary/aromatic N) is 1. The molecule has 0 fully saturated rings. The molecule has 0 spiro atoms. The second kappa shape index (κ2) is 6.96. The average Bonchev–Trinajstić information content (AvgIpc) is 2.93. The third-order valence-corrected chi connectivity index (χ3v) is 5.12. The maximum atomic E-state index is 6.16. The minimum atomic E-state index is 0.223. The first-order chi connectivity index (χ1) is 11.1. The van der Waals surface area contributed by atoms with Crippen molar-refractivity contribution in [1.29, 1.82) is 0 Å². The topological polar surface area (TPSA) is 30.9 Å². The summed E-state index contributed by atoms with van der Waals surface area (Å²) in [5, 5.41) is 2.46. The third kappa shape index (κ3) is 3.25. The number of hydrogen-bond acceptors (Lipinski definition) is 1. The molecule has 2 nitrogen and oxygen atoms in total. The van der Waals surface area contributed by atoms with Gasteiger partial charge in [-0.2, -0.15) is 0 Å². The molecule has 0 saturated carbocycles. The SMILES string of the molecule is CCn1cc(CC(CN)c2ccc(Cl)c(Cl)c2)c2ccccc21. The highest BCUT2D eigenvalue weighted by Gasteiger charge is 2.16. The number of hydrogen-bond donors (Lipinski definition) is 1. The van der Waals surface area contributed by atoms with E-state index in [0.717, 1.165) is 18.5 Å². The number of benzene rings is 2. The fourth-order valence-electron chi connectivity index (χ4n) is 3.12. The zero-order valence-electron chi connectivity index (χ0n) is 13.1. The number of fused-ring (bicyclic) bond motifs is 1. The van der Waals surface area contributed by atoms with Gasteiger partial charge in [0.15, 0.2) is 0 Å². The van der Waals surface area contributed by atoms with Crippen molar-refractivity contribution in [3.63, 3.8) is 0 Å². The Bertz CT molecular complexity index is 823. The van der Waals surface area contributed by atoms with Crippen molar-refractivity contribution in [2.45, 2.75) is 25.8 Å². The number of aromatic nitrogens is 1. The van der Waals surface area contributed by atoms with Gasteiger partial charge in [-0.05, 0) is 49.2 Å². The Labute approximate surface area is 146 Å². The van der Waals surface area contributed by atoms with Gasteiger partial charge >= 0.3 is 0 Å². The minimum absolute atomic E-state index is 0.223. The molecule has 0 radical (unpaired) electrons. The first-order valence-electron chi connectivity index (χ1n) is 7.85. The van der Waals surface area contributed by atoms with E-state index in [-0.39, 0.29) is 5.92 Å². The Morgan fingerprint density at radius 3 is 2.57 bits per heavy atom. The van der Waals surface area contributed by atoms with Crippen molar-refractivity contribution in [3.05, 3.63) is 69.8 Å². The molecule has 2 aromatic carbocycles. The smallest absolute Gasteiger partial charge is 0.0595 e. The number of aryl methyl sites for hydroxylation is 1. The summed E-state index contributed by atoms with van der Waals surface area (Å²) in [4.78, 5) is 0. The van der Waals surface area contributed by atoms with Gasteiger partial charge in [0, 0.05) is 29.6 Å². The summed E-state index contributed by atoms with van der Waals surface area (Å²) in [6.45, 7) is 3.69. The van der Waals surface area contributed by atoms with E-state index < -0.39 is 0 Å². The van der Waals surface area contributed by atoms with Crippen LogP contribution in [0.25, 0.3) is 10.9 Å². The van der Waals surface area contributed by atoms with Gasteiger partial charge in [-0.15, -0.1) is 0 Å². The highest BCUT2D eigenvalue weighted by Crippen LogP contribution is 2.30. The van der Waals surface area contributed by atoms with Crippen molar-refractivity contribution in [3.8, 4) is 0 Å². The van der Waals surface area contributed by atoms with E-state index in [0.29, 0.717) is 16.6 Å². The zero-order chi connectivity index (χ0) is 16.4. The zero-order valence-corrected chi connectivity index (χ0v) is 14.6. The van der Waals surface area contributed by atoms with Crippen molar-refractivity contribution < 1.29 is 0 Å². The predicted molar refractivity (Wildman–Crippen MR) is 99.6 cm³/mol. The lowest BCUT2D eigenvalue weighted by atomic mass is 9.92. The lowest BCUT2D eigenvalue weighted by molar-refractivity contribution is 0.692. The van der Waals surface area contributed by atoms with Crippen molar-refractivity contribution in [2.24, 2.45) is 5.73 Å². The molecule has 23 heavy (non-hydrogen) atoms. The number of halogens is 2. The first-order valence-corrected chi connectivity index (χ1v) is 8.61. The monoisotopic (exact) mass is 346 g/mol. The van der Waals surface area contributed by atoms with Crippen LogP contribution in [-0.4, -0.2) is 11.1 Å². The maximum Gasteiger partial charge on any atom is 0.0595 e. The molecule has 0 aliphatic carbocycles. The number of rotatable bonds is 5. The Kier molecular flexibility index (Phi) is 4.96. The molecule has 120 valence electrons. The number of nitrogens with two attached hydrogens (primary N) is 1. The quantitative estimate of drug-likeness (QED) is 0.671. The second-order valence-electron chi connectivity index (χ2n) is 5.77. The summed E-state index contributed by atoms with van der Waals surface area (Å²) in [5.74, 6) is 0.223. The Morgan fingerprint density at radius 1 is 1.09 bits per heavy atom. The molecule has 0 amide bonds. The molecule has 3 aromatic rings. The second-order valence-corrected chi connectivity index (χ2v) is 6.58. The van der Waals surface area contributed by atoms with Crippen LogP contribution in [0.15, 0.2) is 48.7 Å². The van der Waals surface area contributed by atoms with E-state index in [1.165, 1.54) is 16.5 Å². The normalized spacial score (nSPS) is 12.7. The van der Waals surface area contributed by atoms with Crippen molar-refractivity contribution >= 4 is 34.1 Å². The molecule has 0 aliphatic heterocycles. The molecule has 1 unspecified atom stereocenters. The van der Waals surface area contributed by atoms with Gasteiger partial charge in [-0.25, -0.2) is 0 Å². The molecule has 3 rings (SSSR count). The maximum absolute atomic E-state index is 6.16. The summed E-state index contributed by atoms with van der Waals surface area (Å²) in [6, 6.07) is 14.3. The lowest BCUT2D eigenvalue weighted by Gasteiger charge is -2.15. The first kappa shape index (κ1) is 16.4. The fraction of sp³-hybridized carbons (Fsp3) is 0.263. The largest absolute Gasteiger partial charge is 0.347 e. The van der Waals surface area contributed by atoms with Gasteiger partial charge in [-0.3, -0.25) is 0 Å². The number of para-hydroxylation sites is 1. The van der Waals surface area contributed by atoms with E-state index in [1.54, 1.807) is 0 Å². The van der Waals surface area contributed by atoms with E-state index in [2.05, 4.69) is 42.0 Å². The Morgan fingerprint density at radius 2 is 1.87 bits per heavy atom. The highest BCUT2D eigenvalue weighted by molar-refractivity contribution is 6.42. The Hall–Kier alpha value is -1.48. The van der Waals surface area contributed by atoms with Crippen LogP contribution in [0.5, 0.6) is 0 Å². The summed E-state index contributed by atoms with van der Waals surface area (Å²) in [7, 11) is 0. The molecule has 4 heteroatoms. The van der Waals surface area contributed by atoms with E-state index in [4.69, 9.17) is 28.9 Å². The van der Waals surface area contributed by atoms with Gasteiger partial charge in [-0.1, -0.05) is 47.5 Å². The van der Waals surface area contributed by atoms with Crippen LogP contribution in [0.4, 0.5) is 0 Å². The summed E-state index contributed by atoms with van der Waals surface area (Å²) in [6.07, 6.45) is 3.13. The van der Waals surface area contributed by atoms with Gasteiger partial charge in [0.05, 0.1) is 10.0 Å². The lowest BCUT2D eigenvalue weighted by Crippen LogP contribution is -2.15. The Balaban J connectivity index is 1.97. The van der Waals surface area contributed by atoms with Crippen LogP contribution in [0.2, 0.25) is 10.0 Å². The van der Waals surface area contributed by atoms with Gasteiger partial charge in [0.2, 0.25) is 0 Å². The molecular formula is C19H20Cl2N2. The third-order valence-electron chi connectivity index (χ3n) is 4.38. The minimum Gasteiger partial charge on any atom is -0.347 e. The van der Waals surface area contributed by atoms with Gasteiger partial charge < -0.3 is 10.3 Å².